The fourth-order valence-electron chi connectivity index (χ4n) is 4.25. The van der Waals surface area contributed by atoms with Crippen LogP contribution in [0.2, 0.25) is 0 Å². The topological polar surface area (TPSA) is 97.1 Å². The van der Waals surface area contributed by atoms with Gasteiger partial charge in [-0.25, -0.2) is 12.7 Å². The number of aromatic nitrogens is 1. The Balaban J connectivity index is 1.38. The van der Waals surface area contributed by atoms with Crippen molar-refractivity contribution in [2.45, 2.75) is 44.2 Å². The van der Waals surface area contributed by atoms with Crippen molar-refractivity contribution in [3.63, 3.8) is 0 Å². The van der Waals surface area contributed by atoms with Gasteiger partial charge in [-0.1, -0.05) is 0 Å². The lowest BCUT2D eigenvalue weighted by molar-refractivity contribution is 0.209. The molecule has 0 bridgehead atoms. The van der Waals surface area contributed by atoms with Crippen molar-refractivity contribution in [2.24, 2.45) is 0 Å². The van der Waals surface area contributed by atoms with Crippen LogP contribution in [0.1, 0.15) is 32.3 Å². The zero-order chi connectivity index (χ0) is 25.9. The van der Waals surface area contributed by atoms with Crippen LogP contribution in [0.3, 0.4) is 0 Å². The third-order valence-corrected chi connectivity index (χ3v) is 7.94. The van der Waals surface area contributed by atoms with Gasteiger partial charge in [-0.15, -0.1) is 0 Å². The number of benzene rings is 2. The Morgan fingerprint density at radius 3 is 2.33 bits per heavy atom. The Morgan fingerprint density at radius 1 is 1.11 bits per heavy atom. The molecule has 2 aromatic carbocycles. The fourth-order valence-corrected chi connectivity index (χ4v) is 5.17. The first-order valence-electron chi connectivity index (χ1n) is 12.1. The van der Waals surface area contributed by atoms with Crippen LogP contribution >= 0.6 is 0 Å². The average Bonchev–Trinajstić information content (AvgIpc) is 3.25. The number of rotatable bonds is 10. The normalized spacial score (nSPS) is 15.5. The largest absolute Gasteiger partial charge is 0.491 e. The molecule has 1 aliphatic rings. The molecule has 0 saturated carbocycles. The van der Waals surface area contributed by atoms with Crippen molar-refractivity contribution in [1.82, 2.24) is 14.2 Å². The van der Waals surface area contributed by atoms with E-state index in [1.54, 1.807) is 18.2 Å². The van der Waals surface area contributed by atoms with Crippen LogP contribution in [0.25, 0.3) is 11.1 Å². The predicted molar refractivity (Wildman–Crippen MR) is 136 cm³/mol. The Morgan fingerprint density at radius 2 is 1.75 bits per heavy atom. The molecule has 1 saturated heterocycles. The standard InChI is InChI=1S/C25H33FN4O5S/c1-5-33-22-13-17(14-23(24(22)26)34-6-2)16-30-11-9-18(10-12-30)27-25-28-20-15-19(7-8-21(20)35-25)36(31,32)29(3)4/h7-8,13-15,18H,5-6,9-12,16H2,1-4H3,(H,27,28). The summed E-state index contributed by atoms with van der Waals surface area (Å²) in [7, 11) is -0.557. The molecule has 1 fully saturated rings. The lowest BCUT2D eigenvalue weighted by atomic mass is 10.0. The van der Waals surface area contributed by atoms with E-state index in [-0.39, 0.29) is 22.4 Å². The molecular formula is C25H33FN4O5S. The molecule has 4 rings (SSSR count). The number of nitrogens with zero attached hydrogens (tertiary/aromatic N) is 3. The minimum absolute atomic E-state index is 0.172. The SMILES string of the molecule is CCOc1cc(CN2CCC(Nc3nc4cc(S(=O)(=O)N(C)C)ccc4o3)CC2)cc(OCC)c1F. The maximum atomic E-state index is 14.5. The van der Waals surface area contributed by atoms with Gasteiger partial charge in [0.15, 0.2) is 17.1 Å². The Hall–Kier alpha value is -2.89. The highest BCUT2D eigenvalue weighted by atomic mass is 32.2. The minimum atomic E-state index is -3.54. The summed E-state index contributed by atoms with van der Waals surface area (Å²) < 4.78 is 57.2. The van der Waals surface area contributed by atoms with Crippen molar-refractivity contribution in [2.75, 3.05) is 45.7 Å². The summed E-state index contributed by atoms with van der Waals surface area (Å²) in [5, 5.41) is 3.34. The van der Waals surface area contributed by atoms with E-state index in [9.17, 15) is 12.8 Å². The highest BCUT2D eigenvalue weighted by Gasteiger charge is 2.23. The Kier molecular flexibility index (Phi) is 8.01. The summed E-state index contributed by atoms with van der Waals surface area (Å²) in [6.45, 7) is 6.76. The third kappa shape index (κ3) is 5.74. The van der Waals surface area contributed by atoms with Gasteiger partial charge < -0.3 is 19.2 Å². The van der Waals surface area contributed by atoms with Gasteiger partial charge in [0.1, 0.15) is 5.52 Å². The summed E-state index contributed by atoms with van der Waals surface area (Å²) in [5.41, 5.74) is 1.96. The maximum absolute atomic E-state index is 14.5. The molecular weight excluding hydrogens is 487 g/mol. The number of likely N-dealkylation sites (tertiary alicyclic amines) is 1. The molecule has 0 unspecified atom stereocenters. The molecule has 3 aromatic rings. The van der Waals surface area contributed by atoms with E-state index in [4.69, 9.17) is 13.9 Å². The summed E-state index contributed by atoms with van der Waals surface area (Å²) in [4.78, 5) is 6.93. The fraction of sp³-hybridized carbons (Fsp3) is 0.480. The van der Waals surface area contributed by atoms with Crippen molar-refractivity contribution in [1.29, 1.82) is 0 Å². The predicted octanol–water partition coefficient (Wildman–Crippen LogP) is 4.09. The summed E-state index contributed by atoms with van der Waals surface area (Å²) in [6, 6.07) is 8.72. The van der Waals surface area contributed by atoms with E-state index in [0.717, 1.165) is 31.5 Å². The van der Waals surface area contributed by atoms with Crippen LogP contribution in [0.15, 0.2) is 39.6 Å². The number of ether oxygens (including phenoxy) is 2. The molecule has 9 nitrogen and oxygen atoms in total. The van der Waals surface area contributed by atoms with Crippen molar-refractivity contribution in [3.05, 3.63) is 41.7 Å². The number of nitrogens with one attached hydrogen (secondary N) is 1. The van der Waals surface area contributed by atoms with Crippen LogP contribution in [-0.4, -0.2) is 69.0 Å². The first kappa shape index (κ1) is 26.2. The second-order valence-electron chi connectivity index (χ2n) is 8.90. The summed E-state index contributed by atoms with van der Waals surface area (Å²) in [5.74, 6) is -0.0323. The van der Waals surface area contributed by atoms with Gasteiger partial charge in [0, 0.05) is 39.8 Å². The molecule has 1 aliphatic heterocycles. The van der Waals surface area contributed by atoms with Gasteiger partial charge in [0.2, 0.25) is 15.8 Å². The first-order valence-corrected chi connectivity index (χ1v) is 13.5. The molecule has 1 aromatic heterocycles. The minimum Gasteiger partial charge on any atom is -0.491 e. The van der Waals surface area contributed by atoms with E-state index in [2.05, 4.69) is 15.2 Å². The molecule has 0 aliphatic carbocycles. The van der Waals surface area contributed by atoms with Gasteiger partial charge in [-0.2, -0.15) is 9.37 Å². The molecule has 11 heteroatoms. The highest BCUT2D eigenvalue weighted by Crippen LogP contribution is 2.31. The Labute approximate surface area is 211 Å². The van der Waals surface area contributed by atoms with E-state index >= 15 is 0 Å². The number of halogens is 1. The molecule has 196 valence electrons. The average molecular weight is 521 g/mol. The number of anilines is 1. The van der Waals surface area contributed by atoms with Crippen LogP contribution in [0, 0.1) is 5.82 Å². The van der Waals surface area contributed by atoms with Gasteiger partial charge in [0.05, 0.1) is 18.1 Å². The lowest BCUT2D eigenvalue weighted by Crippen LogP contribution is -2.38. The Bertz CT molecular complexity index is 1280. The van der Waals surface area contributed by atoms with Crippen LogP contribution in [0.4, 0.5) is 10.4 Å². The van der Waals surface area contributed by atoms with Crippen LogP contribution < -0.4 is 14.8 Å². The van der Waals surface area contributed by atoms with Crippen LogP contribution in [-0.2, 0) is 16.6 Å². The first-order chi connectivity index (χ1) is 17.2. The molecule has 2 heterocycles. The van der Waals surface area contributed by atoms with E-state index in [1.807, 2.05) is 13.8 Å². The number of hydrogen-bond acceptors (Lipinski definition) is 8. The molecule has 0 atom stereocenters. The monoisotopic (exact) mass is 520 g/mol. The second kappa shape index (κ2) is 11.0. The van der Waals surface area contributed by atoms with Crippen molar-refractivity contribution >= 4 is 27.1 Å². The number of piperidine rings is 1. The molecule has 0 amide bonds. The quantitative estimate of drug-likeness (QED) is 0.427. The van der Waals surface area contributed by atoms with Gasteiger partial charge in [-0.3, -0.25) is 4.90 Å². The molecule has 1 N–H and O–H groups in total. The zero-order valence-electron chi connectivity index (χ0n) is 21.1. The number of oxazole rings is 1. The third-order valence-electron chi connectivity index (χ3n) is 6.12. The van der Waals surface area contributed by atoms with Gasteiger partial charge >= 0.3 is 0 Å². The molecule has 0 spiro atoms. The zero-order valence-corrected chi connectivity index (χ0v) is 21.9. The van der Waals surface area contributed by atoms with Gasteiger partial charge in [0.25, 0.3) is 6.01 Å². The number of fused-ring (bicyclic) bond motifs is 1. The van der Waals surface area contributed by atoms with Crippen LogP contribution in [0.5, 0.6) is 11.5 Å². The van der Waals surface area contributed by atoms with E-state index < -0.39 is 15.8 Å². The van der Waals surface area contributed by atoms with Crippen molar-refractivity contribution < 1.29 is 26.7 Å². The second-order valence-corrected chi connectivity index (χ2v) is 11.1. The summed E-state index contributed by atoms with van der Waals surface area (Å²) in [6.07, 6.45) is 1.74. The molecule has 36 heavy (non-hydrogen) atoms. The maximum Gasteiger partial charge on any atom is 0.295 e. The lowest BCUT2D eigenvalue weighted by Gasteiger charge is -2.32. The molecule has 0 radical (unpaired) electrons. The number of sulfonamides is 1. The number of hydrogen-bond donors (Lipinski definition) is 1. The smallest absolute Gasteiger partial charge is 0.295 e. The van der Waals surface area contributed by atoms with E-state index in [1.165, 1.54) is 30.5 Å². The van der Waals surface area contributed by atoms with E-state index in [0.29, 0.717) is 36.9 Å². The van der Waals surface area contributed by atoms with Gasteiger partial charge in [-0.05, 0) is 62.6 Å². The highest BCUT2D eigenvalue weighted by molar-refractivity contribution is 7.89. The summed E-state index contributed by atoms with van der Waals surface area (Å²) >= 11 is 0. The van der Waals surface area contributed by atoms with Crippen molar-refractivity contribution in [3.8, 4) is 11.5 Å².